The molecular formula is C18H19BrN2O2. The van der Waals surface area contributed by atoms with Crippen LogP contribution in [0.25, 0.3) is 0 Å². The van der Waals surface area contributed by atoms with E-state index in [1.807, 2.05) is 31.2 Å². The van der Waals surface area contributed by atoms with Crippen LogP contribution in [-0.2, 0) is 4.74 Å². The quantitative estimate of drug-likeness (QED) is 0.886. The number of carbonyl (C=O) groups is 1. The van der Waals surface area contributed by atoms with E-state index in [4.69, 9.17) is 4.74 Å². The number of benzene rings is 2. The van der Waals surface area contributed by atoms with Crippen molar-refractivity contribution in [2.75, 3.05) is 36.5 Å². The van der Waals surface area contributed by atoms with Crippen LogP contribution in [0.1, 0.15) is 15.9 Å². The molecule has 0 bridgehead atoms. The van der Waals surface area contributed by atoms with Gasteiger partial charge in [-0.2, -0.15) is 0 Å². The summed E-state index contributed by atoms with van der Waals surface area (Å²) in [5.74, 6) is -0.0975. The minimum atomic E-state index is -0.0975. The van der Waals surface area contributed by atoms with Crippen LogP contribution in [0, 0.1) is 6.92 Å². The van der Waals surface area contributed by atoms with Gasteiger partial charge in [0.2, 0.25) is 0 Å². The predicted molar refractivity (Wildman–Crippen MR) is 96.3 cm³/mol. The molecule has 1 saturated heterocycles. The average molecular weight is 375 g/mol. The van der Waals surface area contributed by atoms with Crippen molar-refractivity contribution in [3.63, 3.8) is 0 Å². The molecule has 0 spiro atoms. The van der Waals surface area contributed by atoms with E-state index in [-0.39, 0.29) is 5.91 Å². The van der Waals surface area contributed by atoms with E-state index < -0.39 is 0 Å². The first-order valence-electron chi connectivity index (χ1n) is 7.64. The van der Waals surface area contributed by atoms with Crippen molar-refractivity contribution < 1.29 is 9.53 Å². The lowest BCUT2D eigenvalue weighted by molar-refractivity contribution is 0.102. The molecule has 3 rings (SSSR count). The average Bonchev–Trinajstić information content (AvgIpc) is 2.58. The van der Waals surface area contributed by atoms with Gasteiger partial charge in [0.25, 0.3) is 5.91 Å². The second-order valence-electron chi connectivity index (χ2n) is 5.56. The van der Waals surface area contributed by atoms with E-state index in [1.54, 1.807) is 12.1 Å². The standard InChI is InChI=1S/C18H19BrN2O2/c1-13-2-7-16(21-8-10-23-11-9-21)12-17(13)20-18(22)14-3-5-15(19)6-4-14/h2-7,12H,8-11H2,1H3,(H,20,22). The van der Waals surface area contributed by atoms with Crippen LogP contribution in [0.5, 0.6) is 0 Å². The fourth-order valence-corrected chi connectivity index (χ4v) is 2.82. The van der Waals surface area contributed by atoms with Crippen LogP contribution >= 0.6 is 15.9 Å². The Bertz CT molecular complexity index is 695. The summed E-state index contributed by atoms with van der Waals surface area (Å²) in [5.41, 5.74) is 3.66. The zero-order valence-corrected chi connectivity index (χ0v) is 14.6. The Hall–Kier alpha value is -1.85. The summed E-state index contributed by atoms with van der Waals surface area (Å²) in [5, 5.41) is 3.01. The second-order valence-corrected chi connectivity index (χ2v) is 6.48. The molecular weight excluding hydrogens is 356 g/mol. The van der Waals surface area contributed by atoms with E-state index in [0.717, 1.165) is 47.7 Å². The van der Waals surface area contributed by atoms with Crippen LogP contribution in [0.3, 0.4) is 0 Å². The number of morpholine rings is 1. The third kappa shape index (κ3) is 3.92. The number of halogens is 1. The largest absolute Gasteiger partial charge is 0.378 e. The Balaban J connectivity index is 1.78. The van der Waals surface area contributed by atoms with Crippen molar-refractivity contribution >= 4 is 33.2 Å². The van der Waals surface area contributed by atoms with Gasteiger partial charge in [-0.3, -0.25) is 4.79 Å². The molecule has 0 saturated carbocycles. The number of anilines is 2. The van der Waals surface area contributed by atoms with E-state index in [9.17, 15) is 4.79 Å². The van der Waals surface area contributed by atoms with Gasteiger partial charge in [0.15, 0.2) is 0 Å². The summed E-state index contributed by atoms with van der Waals surface area (Å²) >= 11 is 3.38. The number of hydrogen-bond acceptors (Lipinski definition) is 3. The summed E-state index contributed by atoms with van der Waals surface area (Å²) in [7, 11) is 0. The van der Waals surface area contributed by atoms with Crippen molar-refractivity contribution in [2.45, 2.75) is 6.92 Å². The summed E-state index contributed by atoms with van der Waals surface area (Å²) in [6, 6.07) is 13.5. The monoisotopic (exact) mass is 374 g/mol. The Kier molecular flexibility index (Phi) is 4.98. The molecule has 1 N–H and O–H groups in total. The van der Waals surface area contributed by atoms with Crippen molar-refractivity contribution in [1.29, 1.82) is 0 Å². The zero-order valence-electron chi connectivity index (χ0n) is 13.0. The summed E-state index contributed by atoms with van der Waals surface area (Å²) in [6.45, 7) is 5.25. The molecule has 0 aromatic heterocycles. The van der Waals surface area contributed by atoms with Crippen LogP contribution in [-0.4, -0.2) is 32.2 Å². The Morgan fingerprint density at radius 1 is 1.13 bits per heavy atom. The zero-order chi connectivity index (χ0) is 16.2. The maximum atomic E-state index is 12.4. The molecule has 1 amide bonds. The molecule has 0 atom stereocenters. The Labute approximate surface area is 144 Å². The first-order valence-corrected chi connectivity index (χ1v) is 8.43. The number of ether oxygens (including phenoxy) is 1. The fourth-order valence-electron chi connectivity index (χ4n) is 2.56. The van der Waals surface area contributed by atoms with Gasteiger partial charge in [-0.25, -0.2) is 0 Å². The molecule has 1 aliphatic heterocycles. The van der Waals surface area contributed by atoms with E-state index in [1.165, 1.54) is 0 Å². The lowest BCUT2D eigenvalue weighted by Crippen LogP contribution is -2.36. The minimum Gasteiger partial charge on any atom is -0.378 e. The molecule has 5 heteroatoms. The fraction of sp³-hybridized carbons (Fsp3) is 0.278. The van der Waals surface area contributed by atoms with E-state index in [0.29, 0.717) is 5.56 Å². The highest BCUT2D eigenvalue weighted by Crippen LogP contribution is 2.24. The van der Waals surface area contributed by atoms with Gasteiger partial charge in [-0.1, -0.05) is 22.0 Å². The number of aryl methyl sites for hydroxylation is 1. The SMILES string of the molecule is Cc1ccc(N2CCOCC2)cc1NC(=O)c1ccc(Br)cc1. The summed E-state index contributed by atoms with van der Waals surface area (Å²) in [4.78, 5) is 14.7. The molecule has 1 aliphatic rings. The van der Waals surface area contributed by atoms with Crippen molar-refractivity contribution in [2.24, 2.45) is 0 Å². The maximum absolute atomic E-state index is 12.4. The molecule has 0 unspecified atom stereocenters. The van der Waals surface area contributed by atoms with Crippen LogP contribution in [0.15, 0.2) is 46.9 Å². The topological polar surface area (TPSA) is 41.6 Å². The third-order valence-electron chi connectivity index (χ3n) is 3.95. The van der Waals surface area contributed by atoms with Gasteiger partial charge in [0.1, 0.15) is 0 Å². The number of rotatable bonds is 3. The van der Waals surface area contributed by atoms with E-state index >= 15 is 0 Å². The Morgan fingerprint density at radius 2 is 1.83 bits per heavy atom. The lowest BCUT2D eigenvalue weighted by Gasteiger charge is -2.29. The Morgan fingerprint density at radius 3 is 2.52 bits per heavy atom. The van der Waals surface area contributed by atoms with Crippen molar-refractivity contribution in [3.05, 3.63) is 58.1 Å². The molecule has 1 fully saturated rings. The highest BCUT2D eigenvalue weighted by molar-refractivity contribution is 9.10. The minimum absolute atomic E-state index is 0.0975. The first-order chi connectivity index (χ1) is 11.1. The molecule has 0 radical (unpaired) electrons. The third-order valence-corrected chi connectivity index (χ3v) is 4.48. The van der Waals surface area contributed by atoms with Crippen LogP contribution < -0.4 is 10.2 Å². The molecule has 1 heterocycles. The number of hydrogen-bond donors (Lipinski definition) is 1. The molecule has 2 aromatic carbocycles. The van der Waals surface area contributed by atoms with Crippen molar-refractivity contribution in [3.8, 4) is 0 Å². The number of amides is 1. The van der Waals surface area contributed by atoms with Gasteiger partial charge < -0.3 is 15.0 Å². The lowest BCUT2D eigenvalue weighted by atomic mass is 10.1. The summed E-state index contributed by atoms with van der Waals surface area (Å²) < 4.78 is 6.35. The highest BCUT2D eigenvalue weighted by Gasteiger charge is 2.14. The first kappa shape index (κ1) is 16.0. The van der Waals surface area contributed by atoms with Crippen LogP contribution in [0.4, 0.5) is 11.4 Å². The number of carbonyl (C=O) groups excluding carboxylic acids is 1. The molecule has 4 nitrogen and oxygen atoms in total. The van der Waals surface area contributed by atoms with Gasteiger partial charge >= 0.3 is 0 Å². The molecule has 0 aliphatic carbocycles. The van der Waals surface area contributed by atoms with Gasteiger partial charge in [0.05, 0.1) is 13.2 Å². The van der Waals surface area contributed by atoms with Gasteiger partial charge in [0, 0.05) is 34.5 Å². The molecule has 23 heavy (non-hydrogen) atoms. The van der Waals surface area contributed by atoms with Gasteiger partial charge in [-0.05, 0) is 48.9 Å². The highest BCUT2D eigenvalue weighted by atomic mass is 79.9. The molecule has 120 valence electrons. The predicted octanol–water partition coefficient (Wildman–Crippen LogP) is 3.85. The number of nitrogens with one attached hydrogen (secondary N) is 1. The maximum Gasteiger partial charge on any atom is 0.255 e. The number of nitrogens with zero attached hydrogens (tertiary/aromatic N) is 1. The summed E-state index contributed by atoms with van der Waals surface area (Å²) in [6.07, 6.45) is 0. The van der Waals surface area contributed by atoms with Crippen molar-refractivity contribution in [1.82, 2.24) is 0 Å². The molecule has 2 aromatic rings. The smallest absolute Gasteiger partial charge is 0.255 e. The second kappa shape index (κ2) is 7.15. The van der Waals surface area contributed by atoms with E-state index in [2.05, 4.69) is 32.2 Å². The van der Waals surface area contributed by atoms with Crippen LogP contribution in [0.2, 0.25) is 0 Å². The normalized spacial score (nSPS) is 14.6. The van der Waals surface area contributed by atoms with Gasteiger partial charge in [-0.15, -0.1) is 0 Å².